The number of aromatic nitrogens is 3. The number of anilines is 1. The largest absolute Gasteiger partial charge is 0.493 e. The molecule has 7 nitrogen and oxygen atoms in total. The first-order valence-corrected chi connectivity index (χ1v) is 8.39. The number of carbonyl (C=O) groups is 1. The Kier molecular flexibility index (Phi) is 4.45. The highest BCUT2D eigenvalue weighted by molar-refractivity contribution is 5.91. The number of nitrogens with one attached hydrogen (secondary N) is 1. The quantitative estimate of drug-likeness (QED) is 0.749. The molecule has 138 valence electrons. The Morgan fingerprint density at radius 3 is 2.85 bits per heavy atom. The van der Waals surface area contributed by atoms with Crippen molar-refractivity contribution in [2.24, 2.45) is 0 Å². The number of hydrogen-bond acceptors (Lipinski definition) is 5. The van der Waals surface area contributed by atoms with Gasteiger partial charge in [0.15, 0.2) is 11.5 Å². The Balaban J connectivity index is 1.69. The second-order valence-corrected chi connectivity index (χ2v) is 6.09. The molecule has 0 radical (unpaired) electrons. The van der Waals surface area contributed by atoms with E-state index in [-0.39, 0.29) is 30.8 Å². The van der Waals surface area contributed by atoms with Crippen LogP contribution in [0.3, 0.4) is 0 Å². The van der Waals surface area contributed by atoms with E-state index in [9.17, 15) is 9.18 Å². The first-order chi connectivity index (χ1) is 13.2. The molecule has 8 heteroatoms. The minimum atomic E-state index is -0.366. The number of carbonyl (C=O) groups excluding carboxylic acids is 1. The number of ether oxygens (including phenoxy) is 2. The Labute approximate surface area is 154 Å². The standard InChI is InChI=1S/C19H17FN4O3/c1-26-16-4-2-3-14(15-9-17(25)23-19-21-11-22-24(15)19)18(16)27-10-12-5-7-13(20)8-6-12/h2-8,11,15H,9-10H2,1H3,(H,21,22,23,25)/t15-/m0/s1. The molecule has 1 amide bonds. The molecule has 0 saturated carbocycles. The molecule has 4 rings (SSSR count). The van der Waals surface area contributed by atoms with Crippen molar-refractivity contribution in [2.75, 3.05) is 12.4 Å². The van der Waals surface area contributed by atoms with Gasteiger partial charge in [0, 0.05) is 5.56 Å². The minimum absolute atomic E-state index is 0.146. The number of amides is 1. The fourth-order valence-electron chi connectivity index (χ4n) is 3.09. The highest BCUT2D eigenvalue weighted by Crippen LogP contribution is 2.40. The SMILES string of the molecule is COc1cccc([C@@H]2CC(=O)Nc3ncnn32)c1OCc1ccc(F)cc1. The molecule has 0 spiro atoms. The van der Waals surface area contributed by atoms with E-state index in [1.165, 1.54) is 18.5 Å². The Morgan fingerprint density at radius 1 is 1.26 bits per heavy atom. The molecule has 1 aliphatic rings. The zero-order valence-electron chi connectivity index (χ0n) is 14.6. The van der Waals surface area contributed by atoms with Crippen LogP contribution in [0.25, 0.3) is 0 Å². The molecule has 1 N–H and O–H groups in total. The van der Waals surface area contributed by atoms with Crippen molar-refractivity contribution in [3.05, 3.63) is 65.7 Å². The van der Waals surface area contributed by atoms with Gasteiger partial charge in [-0.05, 0) is 23.8 Å². The van der Waals surface area contributed by atoms with Crippen LogP contribution in [-0.4, -0.2) is 27.8 Å². The van der Waals surface area contributed by atoms with E-state index in [1.54, 1.807) is 30.0 Å². The van der Waals surface area contributed by atoms with Crippen molar-refractivity contribution in [3.63, 3.8) is 0 Å². The van der Waals surface area contributed by atoms with Crippen molar-refractivity contribution in [1.82, 2.24) is 14.8 Å². The van der Waals surface area contributed by atoms with Crippen molar-refractivity contribution < 1.29 is 18.7 Å². The summed E-state index contributed by atoms with van der Waals surface area (Å²) in [4.78, 5) is 16.2. The van der Waals surface area contributed by atoms with Crippen LogP contribution >= 0.6 is 0 Å². The van der Waals surface area contributed by atoms with Crippen LogP contribution < -0.4 is 14.8 Å². The first-order valence-electron chi connectivity index (χ1n) is 8.39. The molecule has 2 aromatic carbocycles. The summed E-state index contributed by atoms with van der Waals surface area (Å²) in [5.74, 6) is 1.01. The van der Waals surface area contributed by atoms with Crippen molar-refractivity contribution in [3.8, 4) is 11.5 Å². The Bertz CT molecular complexity index is 971. The summed E-state index contributed by atoms with van der Waals surface area (Å²) in [6.45, 7) is 0.233. The molecule has 0 unspecified atom stereocenters. The van der Waals surface area contributed by atoms with E-state index in [1.807, 2.05) is 12.1 Å². The Morgan fingerprint density at radius 2 is 2.07 bits per heavy atom. The average molecular weight is 368 g/mol. The van der Waals surface area contributed by atoms with Crippen molar-refractivity contribution in [2.45, 2.75) is 19.1 Å². The highest BCUT2D eigenvalue weighted by Gasteiger charge is 2.30. The molecule has 0 bridgehead atoms. The number of methoxy groups -OCH3 is 1. The lowest BCUT2D eigenvalue weighted by Gasteiger charge is -2.26. The summed E-state index contributed by atoms with van der Waals surface area (Å²) in [5, 5.41) is 6.92. The zero-order chi connectivity index (χ0) is 18.8. The lowest BCUT2D eigenvalue weighted by Crippen LogP contribution is -2.29. The molecule has 1 aliphatic heterocycles. The average Bonchev–Trinajstić information content (AvgIpc) is 3.15. The van der Waals surface area contributed by atoms with Crippen LogP contribution in [-0.2, 0) is 11.4 Å². The van der Waals surface area contributed by atoms with Gasteiger partial charge in [-0.15, -0.1) is 0 Å². The smallest absolute Gasteiger partial charge is 0.229 e. The molecule has 27 heavy (non-hydrogen) atoms. The van der Waals surface area contributed by atoms with Gasteiger partial charge in [0.05, 0.1) is 19.6 Å². The van der Waals surface area contributed by atoms with Crippen LogP contribution in [0.4, 0.5) is 10.3 Å². The maximum atomic E-state index is 13.1. The number of para-hydroxylation sites is 1. The maximum Gasteiger partial charge on any atom is 0.229 e. The molecular formula is C19H17FN4O3. The van der Waals surface area contributed by atoms with Gasteiger partial charge in [-0.3, -0.25) is 10.1 Å². The van der Waals surface area contributed by atoms with Gasteiger partial charge in [-0.1, -0.05) is 24.3 Å². The summed E-state index contributed by atoms with van der Waals surface area (Å²) in [7, 11) is 1.55. The second-order valence-electron chi connectivity index (χ2n) is 6.09. The van der Waals surface area contributed by atoms with Gasteiger partial charge in [-0.25, -0.2) is 9.07 Å². The normalized spacial score (nSPS) is 15.8. The number of halogens is 1. The third-order valence-electron chi connectivity index (χ3n) is 4.38. The van der Waals surface area contributed by atoms with E-state index in [2.05, 4.69) is 15.4 Å². The van der Waals surface area contributed by atoms with Crippen molar-refractivity contribution >= 4 is 11.9 Å². The third kappa shape index (κ3) is 3.33. The molecule has 0 aliphatic carbocycles. The van der Waals surface area contributed by atoms with E-state index >= 15 is 0 Å². The summed E-state index contributed by atoms with van der Waals surface area (Å²) >= 11 is 0. The fourth-order valence-corrected chi connectivity index (χ4v) is 3.09. The minimum Gasteiger partial charge on any atom is -0.493 e. The van der Waals surface area contributed by atoms with Gasteiger partial charge >= 0.3 is 0 Å². The number of benzene rings is 2. The van der Waals surface area contributed by atoms with Crippen LogP contribution in [0.5, 0.6) is 11.5 Å². The molecule has 3 aromatic rings. The highest BCUT2D eigenvalue weighted by atomic mass is 19.1. The van der Waals surface area contributed by atoms with Gasteiger partial charge in [-0.2, -0.15) is 10.1 Å². The number of nitrogens with zero attached hydrogens (tertiary/aromatic N) is 3. The van der Waals surface area contributed by atoms with Crippen LogP contribution in [0.15, 0.2) is 48.8 Å². The summed E-state index contributed by atoms with van der Waals surface area (Å²) in [6.07, 6.45) is 1.60. The topological polar surface area (TPSA) is 78.3 Å². The summed E-state index contributed by atoms with van der Waals surface area (Å²) in [6, 6.07) is 11.2. The van der Waals surface area contributed by atoms with E-state index in [0.29, 0.717) is 17.4 Å². The van der Waals surface area contributed by atoms with Gasteiger partial charge in [0.1, 0.15) is 18.8 Å². The van der Waals surface area contributed by atoms with Crippen LogP contribution in [0, 0.1) is 5.82 Å². The van der Waals surface area contributed by atoms with E-state index in [0.717, 1.165) is 11.1 Å². The number of rotatable bonds is 5. The molecule has 1 atom stereocenters. The molecule has 0 saturated heterocycles. The lowest BCUT2D eigenvalue weighted by molar-refractivity contribution is -0.117. The number of hydrogen-bond donors (Lipinski definition) is 1. The molecule has 2 heterocycles. The molecule has 1 aromatic heterocycles. The van der Waals surface area contributed by atoms with E-state index in [4.69, 9.17) is 9.47 Å². The summed E-state index contributed by atoms with van der Waals surface area (Å²) in [5.41, 5.74) is 1.58. The monoisotopic (exact) mass is 368 g/mol. The molecule has 0 fully saturated rings. The maximum absolute atomic E-state index is 13.1. The van der Waals surface area contributed by atoms with Crippen LogP contribution in [0.1, 0.15) is 23.6 Å². The Hall–Kier alpha value is -3.42. The fraction of sp³-hybridized carbons (Fsp3) is 0.211. The third-order valence-corrected chi connectivity index (χ3v) is 4.38. The van der Waals surface area contributed by atoms with Gasteiger partial charge in [0.2, 0.25) is 11.9 Å². The predicted molar refractivity (Wildman–Crippen MR) is 95.1 cm³/mol. The molecular weight excluding hydrogens is 351 g/mol. The first kappa shape index (κ1) is 17.0. The summed E-state index contributed by atoms with van der Waals surface area (Å²) < 4.78 is 26.2. The van der Waals surface area contributed by atoms with Crippen LogP contribution in [0.2, 0.25) is 0 Å². The zero-order valence-corrected chi connectivity index (χ0v) is 14.6. The number of fused-ring (bicyclic) bond motifs is 1. The lowest BCUT2D eigenvalue weighted by atomic mass is 10.0. The van der Waals surface area contributed by atoms with E-state index < -0.39 is 0 Å². The van der Waals surface area contributed by atoms with Gasteiger partial charge in [0.25, 0.3) is 0 Å². The second kappa shape index (κ2) is 7.06. The van der Waals surface area contributed by atoms with Crippen molar-refractivity contribution in [1.29, 1.82) is 0 Å². The van der Waals surface area contributed by atoms with Gasteiger partial charge < -0.3 is 9.47 Å². The predicted octanol–water partition coefficient (Wildman–Crippen LogP) is 2.94.